The third-order valence-electron chi connectivity index (χ3n) is 2.79. The van der Waals surface area contributed by atoms with Gasteiger partial charge in [0, 0.05) is 6.20 Å². The average molecular weight is 292 g/mol. The van der Waals surface area contributed by atoms with Crippen molar-refractivity contribution >= 4 is 36.5 Å². The van der Waals surface area contributed by atoms with E-state index in [4.69, 9.17) is 0 Å². The zero-order chi connectivity index (χ0) is 11.4. The highest BCUT2D eigenvalue weighted by molar-refractivity contribution is 5.94. The topological polar surface area (TPSA) is 54.0 Å². The zero-order valence-corrected chi connectivity index (χ0v) is 11.9. The van der Waals surface area contributed by atoms with Crippen molar-refractivity contribution in [2.75, 3.05) is 11.9 Å². The fourth-order valence-electron chi connectivity index (χ4n) is 1.89. The Hall–Kier alpha value is -0.840. The second-order valence-corrected chi connectivity index (χ2v) is 4.21. The Labute approximate surface area is 120 Å². The lowest BCUT2D eigenvalue weighted by molar-refractivity contribution is -0.118. The van der Waals surface area contributed by atoms with Gasteiger partial charge < -0.3 is 10.6 Å². The van der Waals surface area contributed by atoms with Crippen molar-refractivity contribution < 1.29 is 4.79 Å². The molecule has 0 spiro atoms. The molecule has 2 heterocycles. The molecule has 1 saturated heterocycles. The fraction of sp³-hybridized carbons (Fsp3) is 0.500. The molecule has 1 aliphatic heterocycles. The maximum atomic E-state index is 11.9. The van der Waals surface area contributed by atoms with Gasteiger partial charge in [-0.2, -0.15) is 0 Å². The van der Waals surface area contributed by atoms with Crippen LogP contribution in [0.3, 0.4) is 0 Å². The van der Waals surface area contributed by atoms with Crippen molar-refractivity contribution in [3.8, 4) is 0 Å². The quantitative estimate of drug-likeness (QED) is 0.879. The number of amides is 1. The molecule has 1 fully saturated rings. The molecule has 1 amide bonds. The Balaban J connectivity index is 0.00000144. The van der Waals surface area contributed by atoms with Gasteiger partial charge in [-0.25, -0.2) is 4.98 Å². The molecule has 0 unspecified atom stereocenters. The number of rotatable bonds is 2. The van der Waals surface area contributed by atoms with Gasteiger partial charge in [0.25, 0.3) is 0 Å². The number of pyridine rings is 1. The largest absolute Gasteiger partial charge is 0.309 e. The van der Waals surface area contributed by atoms with E-state index < -0.39 is 0 Å². The van der Waals surface area contributed by atoms with E-state index in [9.17, 15) is 4.79 Å². The molecule has 0 aliphatic carbocycles. The summed E-state index contributed by atoms with van der Waals surface area (Å²) in [5, 5.41) is 6.05. The van der Waals surface area contributed by atoms with Gasteiger partial charge >= 0.3 is 0 Å². The lowest BCUT2D eigenvalue weighted by Gasteiger charge is -2.22. The Morgan fingerprint density at radius 3 is 2.83 bits per heavy atom. The Morgan fingerprint density at radius 2 is 2.22 bits per heavy atom. The minimum atomic E-state index is -0.0592. The van der Waals surface area contributed by atoms with Crippen LogP contribution in [0.2, 0.25) is 0 Å². The highest BCUT2D eigenvalue weighted by Gasteiger charge is 2.20. The van der Waals surface area contributed by atoms with Crippen LogP contribution in [0.4, 0.5) is 5.82 Å². The Kier molecular flexibility index (Phi) is 7.91. The van der Waals surface area contributed by atoms with Crippen LogP contribution in [0.25, 0.3) is 0 Å². The van der Waals surface area contributed by atoms with E-state index >= 15 is 0 Å². The highest BCUT2D eigenvalue weighted by atomic mass is 35.5. The van der Waals surface area contributed by atoms with Gasteiger partial charge in [0.2, 0.25) is 5.91 Å². The number of piperidine rings is 1. The standard InChI is InChI=1S/C12H17N3O.2ClH/c1-9-5-7-14-11(8-9)15-12(16)10-4-2-3-6-13-10;;/h5,7-8,10,13H,2-4,6H2,1H3,(H,14,15,16);2*1H/t10-;;/m0../s1. The number of hydrogen-bond acceptors (Lipinski definition) is 3. The second kappa shape index (κ2) is 8.29. The predicted molar refractivity (Wildman–Crippen MR) is 77.7 cm³/mol. The molecule has 0 aromatic carbocycles. The number of nitrogens with one attached hydrogen (secondary N) is 2. The summed E-state index contributed by atoms with van der Waals surface area (Å²) in [7, 11) is 0. The van der Waals surface area contributed by atoms with Crippen LogP contribution < -0.4 is 10.6 Å². The van der Waals surface area contributed by atoms with E-state index in [2.05, 4.69) is 15.6 Å². The number of anilines is 1. The van der Waals surface area contributed by atoms with E-state index in [1.54, 1.807) is 6.20 Å². The smallest absolute Gasteiger partial charge is 0.242 e. The molecule has 18 heavy (non-hydrogen) atoms. The summed E-state index contributed by atoms with van der Waals surface area (Å²) in [5.74, 6) is 0.662. The average Bonchev–Trinajstić information content (AvgIpc) is 2.30. The highest BCUT2D eigenvalue weighted by Crippen LogP contribution is 2.10. The zero-order valence-electron chi connectivity index (χ0n) is 10.3. The van der Waals surface area contributed by atoms with E-state index in [1.807, 2.05) is 19.1 Å². The van der Waals surface area contributed by atoms with Crippen molar-refractivity contribution in [2.45, 2.75) is 32.2 Å². The number of carbonyl (C=O) groups is 1. The molecule has 1 aromatic heterocycles. The fourth-order valence-corrected chi connectivity index (χ4v) is 1.89. The monoisotopic (exact) mass is 291 g/mol. The Bertz CT molecular complexity index is 381. The predicted octanol–water partition coefficient (Wildman–Crippen LogP) is 2.31. The van der Waals surface area contributed by atoms with Crippen LogP contribution in [0.1, 0.15) is 24.8 Å². The molecule has 4 nitrogen and oxygen atoms in total. The third kappa shape index (κ3) is 4.80. The summed E-state index contributed by atoms with van der Waals surface area (Å²) >= 11 is 0. The molecule has 1 aromatic rings. The van der Waals surface area contributed by atoms with Gasteiger partial charge in [0.1, 0.15) is 5.82 Å². The molecule has 0 radical (unpaired) electrons. The number of nitrogens with zero attached hydrogens (tertiary/aromatic N) is 1. The van der Waals surface area contributed by atoms with Gasteiger partial charge in [-0.05, 0) is 44.0 Å². The Morgan fingerprint density at radius 1 is 1.44 bits per heavy atom. The summed E-state index contributed by atoms with van der Waals surface area (Å²) in [6, 6.07) is 3.73. The lowest BCUT2D eigenvalue weighted by atomic mass is 10.0. The van der Waals surface area contributed by atoms with Crippen molar-refractivity contribution in [1.29, 1.82) is 0 Å². The van der Waals surface area contributed by atoms with Crippen molar-refractivity contribution in [3.05, 3.63) is 23.9 Å². The SMILES string of the molecule is Cc1ccnc(NC(=O)[C@@H]2CCCCN2)c1.Cl.Cl. The van der Waals surface area contributed by atoms with Crippen LogP contribution in [0.5, 0.6) is 0 Å². The van der Waals surface area contributed by atoms with Crippen LogP contribution in [0.15, 0.2) is 18.3 Å². The van der Waals surface area contributed by atoms with Gasteiger partial charge in [-0.15, -0.1) is 24.8 Å². The van der Waals surface area contributed by atoms with E-state index in [0.29, 0.717) is 5.82 Å². The molecule has 102 valence electrons. The molecule has 6 heteroatoms. The molecule has 2 rings (SSSR count). The molecule has 0 bridgehead atoms. The van der Waals surface area contributed by atoms with Gasteiger partial charge in [-0.1, -0.05) is 6.42 Å². The first kappa shape index (κ1) is 17.2. The molecular formula is C12H19Cl2N3O. The molecule has 0 saturated carbocycles. The van der Waals surface area contributed by atoms with Crippen LogP contribution >= 0.6 is 24.8 Å². The summed E-state index contributed by atoms with van der Waals surface area (Å²) in [4.78, 5) is 16.0. The normalized spacial score (nSPS) is 18.2. The third-order valence-corrected chi connectivity index (χ3v) is 2.79. The first-order chi connectivity index (χ1) is 7.75. The number of hydrogen-bond donors (Lipinski definition) is 2. The first-order valence-corrected chi connectivity index (χ1v) is 5.72. The van der Waals surface area contributed by atoms with Gasteiger partial charge in [0.15, 0.2) is 0 Å². The van der Waals surface area contributed by atoms with Crippen LogP contribution in [0, 0.1) is 6.92 Å². The van der Waals surface area contributed by atoms with Crippen LogP contribution in [-0.4, -0.2) is 23.5 Å². The van der Waals surface area contributed by atoms with Crippen molar-refractivity contribution in [1.82, 2.24) is 10.3 Å². The van der Waals surface area contributed by atoms with E-state index in [0.717, 1.165) is 31.4 Å². The van der Waals surface area contributed by atoms with Crippen molar-refractivity contribution in [3.63, 3.8) is 0 Å². The first-order valence-electron chi connectivity index (χ1n) is 5.72. The summed E-state index contributed by atoms with van der Waals surface area (Å²) in [6.07, 6.45) is 4.90. The number of carbonyl (C=O) groups excluding carboxylic acids is 1. The summed E-state index contributed by atoms with van der Waals surface area (Å²) in [6.45, 7) is 2.91. The minimum Gasteiger partial charge on any atom is -0.309 e. The lowest BCUT2D eigenvalue weighted by Crippen LogP contribution is -2.43. The van der Waals surface area contributed by atoms with E-state index in [-0.39, 0.29) is 36.8 Å². The van der Waals surface area contributed by atoms with Gasteiger partial charge in [-0.3, -0.25) is 4.79 Å². The second-order valence-electron chi connectivity index (χ2n) is 4.21. The molecule has 1 atom stereocenters. The van der Waals surface area contributed by atoms with E-state index in [1.165, 1.54) is 0 Å². The summed E-state index contributed by atoms with van der Waals surface area (Å²) < 4.78 is 0. The maximum Gasteiger partial charge on any atom is 0.242 e. The molecule has 2 N–H and O–H groups in total. The van der Waals surface area contributed by atoms with Crippen molar-refractivity contribution in [2.24, 2.45) is 0 Å². The van der Waals surface area contributed by atoms with Gasteiger partial charge in [0.05, 0.1) is 6.04 Å². The number of aryl methyl sites for hydroxylation is 1. The molecular weight excluding hydrogens is 273 g/mol. The maximum absolute atomic E-state index is 11.9. The number of halogens is 2. The minimum absolute atomic E-state index is 0. The summed E-state index contributed by atoms with van der Waals surface area (Å²) in [5.41, 5.74) is 1.10. The molecule has 1 aliphatic rings. The van der Waals surface area contributed by atoms with Crippen LogP contribution in [-0.2, 0) is 4.79 Å². The number of aromatic nitrogens is 1.